The fraction of sp³-hybridized carbons (Fsp3) is 0.381. The van der Waals surface area contributed by atoms with Crippen LogP contribution in [0.1, 0.15) is 28.8 Å². The van der Waals surface area contributed by atoms with E-state index in [0.717, 1.165) is 38.0 Å². The van der Waals surface area contributed by atoms with Gasteiger partial charge in [0.2, 0.25) is 0 Å². The van der Waals surface area contributed by atoms with Gasteiger partial charge < -0.3 is 15.0 Å². The van der Waals surface area contributed by atoms with Crippen molar-refractivity contribution in [2.45, 2.75) is 19.4 Å². The van der Waals surface area contributed by atoms with Crippen molar-refractivity contribution in [3.8, 4) is 5.75 Å². The minimum Gasteiger partial charge on any atom is -0.488 e. The van der Waals surface area contributed by atoms with Gasteiger partial charge in [-0.25, -0.2) is 0 Å². The number of benzene rings is 2. The fourth-order valence-corrected chi connectivity index (χ4v) is 3.61. The Labute approximate surface area is 172 Å². The molecule has 1 heterocycles. The Morgan fingerprint density at radius 1 is 1.22 bits per heavy atom. The molecule has 0 saturated carbocycles. The van der Waals surface area contributed by atoms with Crippen LogP contribution in [0.15, 0.2) is 48.5 Å². The van der Waals surface area contributed by atoms with Crippen LogP contribution in [0.2, 0.25) is 5.02 Å². The van der Waals surface area contributed by atoms with Crippen LogP contribution >= 0.6 is 24.0 Å². The van der Waals surface area contributed by atoms with Crippen molar-refractivity contribution < 1.29 is 9.53 Å². The first-order chi connectivity index (χ1) is 12.7. The average Bonchev–Trinajstić information content (AvgIpc) is 2.67. The van der Waals surface area contributed by atoms with Gasteiger partial charge in [-0.15, -0.1) is 12.4 Å². The standard InChI is InChI=1S/C21H25ClN2O2.ClH/c1-23-13-16-7-6-12-24(14-16)21(25)18-9-3-5-11-20(18)26-15-17-8-2-4-10-19(17)22;/h2-5,8-11,16,23H,6-7,12-15H2,1H3;1H. The van der Waals surface area contributed by atoms with E-state index in [1.807, 2.05) is 60.5 Å². The Morgan fingerprint density at radius 2 is 1.96 bits per heavy atom. The van der Waals surface area contributed by atoms with E-state index in [1.165, 1.54) is 0 Å². The van der Waals surface area contributed by atoms with E-state index in [2.05, 4.69) is 5.32 Å². The lowest BCUT2D eigenvalue weighted by atomic mass is 9.97. The lowest BCUT2D eigenvalue weighted by Crippen LogP contribution is -2.42. The first-order valence-corrected chi connectivity index (χ1v) is 9.46. The summed E-state index contributed by atoms with van der Waals surface area (Å²) in [7, 11) is 1.96. The van der Waals surface area contributed by atoms with Crippen LogP contribution in [-0.2, 0) is 6.61 Å². The predicted molar refractivity (Wildman–Crippen MR) is 112 cm³/mol. The van der Waals surface area contributed by atoms with Gasteiger partial charge >= 0.3 is 0 Å². The molecule has 0 aromatic heterocycles. The van der Waals surface area contributed by atoms with Gasteiger partial charge in [0.05, 0.1) is 5.56 Å². The van der Waals surface area contributed by atoms with Crippen LogP contribution in [0.3, 0.4) is 0 Å². The molecule has 3 rings (SSSR count). The molecule has 6 heteroatoms. The van der Waals surface area contributed by atoms with Crippen LogP contribution in [0.4, 0.5) is 0 Å². The van der Waals surface area contributed by atoms with E-state index in [1.54, 1.807) is 0 Å². The van der Waals surface area contributed by atoms with Gasteiger partial charge in [-0.3, -0.25) is 4.79 Å². The maximum atomic E-state index is 13.0. The number of amides is 1. The molecule has 0 spiro atoms. The van der Waals surface area contributed by atoms with Gasteiger partial charge in [0.25, 0.3) is 5.91 Å². The van der Waals surface area contributed by atoms with Gasteiger partial charge in [-0.1, -0.05) is 41.9 Å². The Hall–Kier alpha value is -1.75. The Morgan fingerprint density at radius 3 is 2.74 bits per heavy atom. The third-order valence-corrected chi connectivity index (χ3v) is 5.13. The maximum absolute atomic E-state index is 13.0. The molecule has 1 N–H and O–H groups in total. The molecule has 0 aliphatic carbocycles. The van der Waals surface area contributed by atoms with Crippen molar-refractivity contribution >= 4 is 29.9 Å². The molecule has 2 aromatic carbocycles. The number of likely N-dealkylation sites (tertiary alicyclic amines) is 1. The molecular formula is C21H26Cl2N2O2. The molecule has 1 atom stereocenters. The Bertz CT molecular complexity index is 752. The molecule has 1 aliphatic rings. The highest BCUT2D eigenvalue weighted by Crippen LogP contribution is 2.25. The zero-order chi connectivity index (χ0) is 18.4. The number of rotatable bonds is 6. The highest BCUT2D eigenvalue weighted by atomic mass is 35.5. The molecule has 0 radical (unpaired) electrons. The molecule has 4 nitrogen and oxygen atoms in total. The second-order valence-electron chi connectivity index (χ2n) is 6.69. The minimum absolute atomic E-state index is 0. The molecule has 1 unspecified atom stereocenters. The lowest BCUT2D eigenvalue weighted by molar-refractivity contribution is 0.0669. The predicted octanol–water partition coefficient (Wildman–Crippen LogP) is 4.41. The molecule has 1 amide bonds. The van der Waals surface area contributed by atoms with Gasteiger partial charge in [0.15, 0.2) is 0 Å². The summed E-state index contributed by atoms with van der Waals surface area (Å²) in [6.45, 7) is 2.87. The smallest absolute Gasteiger partial charge is 0.257 e. The summed E-state index contributed by atoms with van der Waals surface area (Å²) in [4.78, 5) is 15.0. The SMILES string of the molecule is CNCC1CCCN(C(=O)c2ccccc2OCc2ccccc2Cl)C1.Cl. The van der Waals surface area contributed by atoms with Crippen molar-refractivity contribution in [3.05, 3.63) is 64.7 Å². The number of piperidine rings is 1. The van der Waals surface area contributed by atoms with E-state index >= 15 is 0 Å². The number of carbonyl (C=O) groups excluding carboxylic acids is 1. The van der Waals surface area contributed by atoms with Gasteiger partial charge in [-0.2, -0.15) is 0 Å². The van der Waals surface area contributed by atoms with E-state index in [-0.39, 0.29) is 18.3 Å². The summed E-state index contributed by atoms with van der Waals surface area (Å²) in [6, 6.07) is 15.0. The average molecular weight is 409 g/mol. The third kappa shape index (κ3) is 5.61. The first kappa shape index (κ1) is 21.5. The summed E-state index contributed by atoms with van der Waals surface area (Å²) in [6.07, 6.45) is 2.20. The zero-order valence-corrected chi connectivity index (χ0v) is 17.1. The number of nitrogens with zero attached hydrogens (tertiary/aromatic N) is 1. The van der Waals surface area contributed by atoms with Crippen LogP contribution in [-0.4, -0.2) is 37.5 Å². The molecule has 2 aromatic rings. The highest BCUT2D eigenvalue weighted by molar-refractivity contribution is 6.31. The molecule has 27 heavy (non-hydrogen) atoms. The lowest BCUT2D eigenvalue weighted by Gasteiger charge is -2.33. The number of carbonyl (C=O) groups is 1. The summed E-state index contributed by atoms with van der Waals surface area (Å²) < 4.78 is 5.95. The second kappa shape index (κ2) is 10.5. The normalized spacial score (nSPS) is 16.5. The van der Waals surface area contributed by atoms with Crippen LogP contribution < -0.4 is 10.1 Å². The fourth-order valence-electron chi connectivity index (χ4n) is 3.42. The second-order valence-corrected chi connectivity index (χ2v) is 7.10. The number of para-hydroxylation sites is 1. The molecule has 146 valence electrons. The molecule has 1 saturated heterocycles. The summed E-state index contributed by atoms with van der Waals surface area (Å²) in [5, 5.41) is 3.89. The monoisotopic (exact) mass is 408 g/mol. The van der Waals surface area contributed by atoms with Gasteiger partial charge in [0.1, 0.15) is 12.4 Å². The molecule has 1 aliphatic heterocycles. The zero-order valence-electron chi connectivity index (χ0n) is 15.5. The number of hydrogen-bond acceptors (Lipinski definition) is 3. The van der Waals surface area contributed by atoms with Crippen molar-refractivity contribution in [3.63, 3.8) is 0 Å². The van der Waals surface area contributed by atoms with Crippen molar-refractivity contribution in [2.75, 3.05) is 26.7 Å². The van der Waals surface area contributed by atoms with Crippen LogP contribution in [0.5, 0.6) is 5.75 Å². The van der Waals surface area contributed by atoms with Crippen LogP contribution in [0, 0.1) is 5.92 Å². The number of halogens is 2. The van der Waals surface area contributed by atoms with Crippen molar-refractivity contribution in [1.29, 1.82) is 0 Å². The van der Waals surface area contributed by atoms with E-state index in [0.29, 0.717) is 28.9 Å². The topological polar surface area (TPSA) is 41.6 Å². The van der Waals surface area contributed by atoms with E-state index in [4.69, 9.17) is 16.3 Å². The summed E-state index contributed by atoms with van der Waals surface area (Å²) in [5.41, 5.74) is 1.52. The van der Waals surface area contributed by atoms with E-state index in [9.17, 15) is 4.79 Å². The first-order valence-electron chi connectivity index (χ1n) is 9.08. The highest BCUT2D eigenvalue weighted by Gasteiger charge is 2.25. The van der Waals surface area contributed by atoms with Gasteiger partial charge in [0, 0.05) is 23.7 Å². The number of ether oxygens (including phenoxy) is 1. The van der Waals surface area contributed by atoms with Crippen molar-refractivity contribution in [2.24, 2.45) is 5.92 Å². The quantitative estimate of drug-likeness (QED) is 0.769. The maximum Gasteiger partial charge on any atom is 0.257 e. The Balaban J connectivity index is 0.00000261. The number of nitrogens with one attached hydrogen (secondary N) is 1. The molecule has 1 fully saturated rings. The number of hydrogen-bond donors (Lipinski definition) is 1. The molecular weight excluding hydrogens is 383 g/mol. The minimum atomic E-state index is 0. The Kier molecular flexibility index (Phi) is 8.42. The summed E-state index contributed by atoms with van der Waals surface area (Å²) in [5.74, 6) is 1.16. The largest absolute Gasteiger partial charge is 0.488 e. The van der Waals surface area contributed by atoms with Gasteiger partial charge in [-0.05, 0) is 50.6 Å². The van der Waals surface area contributed by atoms with Crippen molar-refractivity contribution in [1.82, 2.24) is 10.2 Å². The summed E-state index contributed by atoms with van der Waals surface area (Å²) >= 11 is 6.20. The van der Waals surface area contributed by atoms with Crippen LogP contribution in [0.25, 0.3) is 0 Å². The third-order valence-electron chi connectivity index (χ3n) is 4.76. The van der Waals surface area contributed by atoms with E-state index < -0.39 is 0 Å². The molecule has 0 bridgehead atoms.